The van der Waals surface area contributed by atoms with Gasteiger partial charge in [-0.05, 0) is 60.3 Å². The summed E-state index contributed by atoms with van der Waals surface area (Å²) in [5.74, 6) is -0.772. The van der Waals surface area contributed by atoms with Gasteiger partial charge in [0.1, 0.15) is 5.41 Å². The van der Waals surface area contributed by atoms with Crippen molar-refractivity contribution in [1.29, 1.82) is 5.26 Å². The first-order chi connectivity index (χ1) is 19.9. The molecule has 2 atom stereocenters. The molecule has 0 saturated carbocycles. The molecule has 0 spiro atoms. The molecule has 1 fully saturated rings. The predicted octanol–water partition coefficient (Wildman–Crippen LogP) is 7.78. The average molecular weight is 561 g/mol. The SMILES string of the molecule is CSc1c(C)cccc1C1CC(C(=O)O)(c2ccccc2)CCN1CCC(C#N)(c1ccccc1)c1ccccc1. The Morgan fingerprint density at radius 3 is 2.07 bits per heavy atom. The Bertz CT molecular complexity index is 1480. The van der Waals surface area contributed by atoms with E-state index in [9.17, 15) is 15.2 Å². The third kappa shape index (κ3) is 5.43. The molecule has 1 aliphatic heterocycles. The van der Waals surface area contributed by atoms with Gasteiger partial charge in [-0.15, -0.1) is 11.8 Å². The van der Waals surface area contributed by atoms with Crippen molar-refractivity contribution in [3.8, 4) is 6.07 Å². The van der Waals surface area contributed by atoms with Gasteiger partial charge in [0.05, 0.1) is 11.5 Å². The van der Waals surface area contributed by atoms with Crippen LogP contribution < -0.4 is 0 Å². The molecule has 4 aromatic rings. The van der Waals surface area contributed by atoms with E-state index < -0.39 is 16.8 Å². The molecule has 0 aliphatic carbocycles. The molecule has 0 bridgehead atoms. The topological polar surface area (TPSA) is 64.3 Å². The maximum Gasteiger partial charge on any atom is 0.314 e. The molecule has 1 aliphatic rings. The molecule has 0 amide bonds. The van der Waals surface area contributed by atoms with Crippen LogP contribution in [0.4, 0.5) is 0 Å². The summed E-state index contributed by atoms with van der Waals surface area (Å²) in [6.45, 7) is 3.41. The van der Waals surface area contributed by atoms with Gasteiger partial charge in [-0.25, -0.2) is 0 Å². The number of aryl methyl sites for hydroxylation is 1. The maximum absolute atomic E-state index is 13.0. The number of benzene rings is 4. The number of nitriles is 1. The minimum atomic E-state index is -0.979. The van der Waals surface area contributed by atoms with Crippen molar-refractivity contribution in [2.75, 3.05) is 19.3 Å². The number of hydrogen-bond acceptors (Lipinski definition) is 4. The monoisotopic (exact) mass is 560 g/mol. The number of likely N-dealkylation sites (tertiary alicyclic amines) is 1. The van der Waals surface area contributed by atoms with E-state index in [4.69, 9.17) is 0 Å². The van der Waals surface area contributed by atoms with Crippen molar-refractivity contribution >= 4 is 17.7 Å². The molecule has 5 heteroatoms. The largest absolute Gasteiger partial charge is 0.481 e. The van der Waals surface area contributed by atoms with E-state index in [1.165, 1.54) is 16.0 Å². The summed E-state index contributed by atoms with van der Waals surface area (Å²) in [5.41, 5.74) is 3.38. The highest BCUT2D eigenvalue weighted by molar-refractivity contribution is 7.98. The minimum absolute atomic E-state index is 0.106. The van der Waals surface area contributed by atoms with E-state index in [1.54, 1.807) is 11.8 Å². The van der Waals surface area contributed by atoms with Crippen LogP contribution in [0.2, 0.25) is 0 Å². The van der Waals surface area contributed by atoms with Gasteiger partial charge in [0.15, 0.2) is 0 Å². The average Bonchev–Trinajstić information content (AvgIpc) is 3.03. The van der Waals surface area contributed by atoms with Crippen molar-refractivity contribution in [1.82, 2.24) is 4.90 Å². The number of thioether (sulfide) groups is 1. The second kappa shape index (κ2) is 12.3. The number of hydrogen-bond donors (Lipinski definition) is 1. The van der Waals surface area contributed by atoms with Gasteiger partial charge in [-0.2, -0.15) is 5.26 Å². The van der Waals surface area contributed by atoms with Crippen LogP contribution >= 0.6 is 11.8 Å². The Labute approximate surface area is 247 Å². The van der Waals surface area contributed by atoms with Gasteiger partial charge >= 0.3 is 5.97 Å². The fraction of sp³-hybridized carbons (Fsp3) is 0.278. The Morgan fingerprint density at radius 1 is 0.951 bits per heavy atom. The Kier molecular flexibility index (Phi) is 8.63. The Balaban J connectivity index is 1.57. The molecular weight excluding hydrogens is 524 g/mol. The zero-order valence-corrected chi connectivity index (χ0v) is 24.5. The highest BCUT2D eigenvalue weighted by Gasteiger charge is 2.48. The van der Waals surface area contributed by atoms with Crippen LogP contribution in [0.15, 0.2) is 114 Å². The normalized spacial score (nSPS) is 19.4. The number of carboxylic acid groups (broad SMARTS) is 1. The number of piperidine rings is 1. The van der Waals surface area contributed by atoms with Crippen LogP contribution in [0.25, 0.3) is 0 Å². The molecule has 1 saturated heterocycles. The van der Waals surface area contributed by atoms with E-state index in [0.717, 1.165) is 16.7 Å². The molecule has 1 heterocycles. The summed E-state index contributed by atoms with van der Waals surface area (Å²) in [5, 5.41) is 21.5. The van der Waals surface area contributed by atoms with Gasteiger partial charge in [-0.1, -0.05) is 109 Å². The summed E-state index contributed by atoms with van der Waals surface area (Å²) >= 11 is 1.72. The molecule has 2 unspecified atom stereocenters. The van der Waals surface area contributed by atoms with E-state index in [1.807, 2.05) is 91.0 Å². The quantitative estimate of drug-likeness (QED) is 0.212. The minimum Gasteiger partial charge on any atom is -0.481 e. The summed E-state index contributed by atoms with van der Waals surface area (Å²) in [6.07, 6.45) is 3.67. The van der Waals surface area contributed by atoms with Crippen molar-refractivity contribution in [3.63, 3.8) is 0 Å². The van der Waals surface area contributed by atoms with Crippen LogP contribution in [0, 0.1) is 18.3 Å². The van der Waals surface area contributed by atoms with Crippen molar-refractivity contribution < 1.29 is 9.90 Å². The highest BCUT2D eigenvalue weighted by atomic mass is 32.2. The Morgan fingerprint density at radius 2 is 1.54 bits per heavy atom. The molecule has 1 N–H and O–H groups in total. The molecule has 4 aromatic carbocycles. The van der Waals surface area contributed by atoms with Gasteiger partial charge < -0.3 is 5.11 Å². The summed E-state index contributed by atoms with van der Waals surface area (Å²) in [7, 11) is 0. The van der Waals surface area contributed by atoms with Gasteiger partial charge in [0.25, 0.3) is 0 Å². The number of aliphatic carboxylic acids is 1. The summed E-state index contributed by atoms with van der Waals surface area (Å²) < 4.78 is 0. The Hall–Kier alpha value is -3.85. The molecule has 4 nitrogen and oxygen atoms in total. The fourth-order valence-corrected chi connectivity index (χ4v) is 7.41. The molecule has 41 heavy (non-hydrogen) atoms. The first kappa shape index (κ1) is 28.7. The van der Waals surface area contributed by atoms with Gasteiger partial charge in [0.2, 0.25) is 0 Å². The standard InChI is InChI=1S/C36H36N2O2S/c1-27-13-12-20-31(33(27)41-2)32-25-35(34(39)40,28-14-6-3-7-15-28)21-23-38(32)24-22-36(26-37,29-16-8-4-9-17-29)30-18-10-5-11-19-30/h3-20,32H,21-25H2,1-2H3,(H,39,40). The van der Waals surface area contributed by atoms with Crippen LogP contribution in [-0.4, -0.2) is 35.3 Å². The number of rotatable bonds is 9. The lowest BCUT2D eigenvalue weighted by Gasteiger charge is -2.46. The van der Waals surface area contributed by atoms with Gasteiger partial charge in [-0.3, -0.25) is 9.69 Å². The molecular formula is C36H36N2O2S. The second-order valence-corrected chi connectivity index (χ2v) is 11.8. The van der Waals surface area contributed by atoms with Crippen molar-refractivity contribution in [2.45, 2.75) is 48.0 Å². The fourth-order valence-electron chi connectivity index (χ4n) is 6.58. The molecule has 0 radical (unpaired) electrons. The molecule has 208 valence electrons. The lowest BCUT2D eigenvalue weighted by atomic mass is 9.68. The lowest BCUT2D eigenvalue weighted by Crippen LogP contribution is -2.49. The predicted molar refractivity (Wildman–Crippen MR) is 166 cm³/mol. The van der Waals surface area contributed by atoms with E-state index in [-0.39, 0.29) is 6.04 Å². The molecule has 5 rings (SSSR count). The molecule has 0 aromatic heterocycles. The summed E-state index contributed by atoms with van der Waals surface area (Å²) in [4.78, 5) is 16.7. The van der Waals surface area contributed by atoms with Gasteiger partial charge in [0, 0.05) is 24.0 Å². The van der Waals surface area contributed by atoms with E-state index in [0.29, 0.717) is 32.4 Å². The van der Waals surface area contributed by atoms with Crippen molar-refractivity contribution in [3.05, 3.63) is 137 Å². The number of nitrogens with zero attached hydrogens (tertiary/aromatic N) is 2. The second-order valence-electron chi connectivity index (χ2n) is 11.0. The lowest BCUT2D eigenvalue weighted by molar-refractivity contribution is -0.147. The van der Waals surface area contributed by atoms with E-state index >= 15 is 0 Å². The van der Waals surface area contributed by atoms with Crippen LogP contribution in [0.5, 0.6) is 0 Å². The van der Waals surface area contributed by atoms with Crippen molar-refractivity contribution in [2.24, 2.45) is 0 Å². The third-order valence-corrected chi connectivity index (χ3v) is 9.81. The number of carboxylic acids is 1. The van der Waals surface area contributed by atoms with Crippen LogP contribution in [-0.2, 0) is 15.6 Å². The maximum atomic E-state index is 13.0. The highest BCUT2D eigenvalue weighted by Crippen LogP contribution is 2.47. The first-order valence-corrected chi connectivity index (χ1v) is 15.4. The summed E-state index contributed by atoms with van der Waals surface area (Å²) in [6, 6.07) is 38.8. The number of carbonyl (C=O) groups is 1. The smallest absolute Gasteiger partial charge is 0.314 e. The zero-order valence-electron chi connectivity index (χ0n) is 23.7. The van der Waals surface area contributed by atoms with Crippen LogP contribution in [0.3, 0.4) is 0 Å². The van der Waals surface area contributed by atoms with E-state index in [2.05, 4.69) is 42.3 Å². The van der Waals surface area contributed by atoms with Crippen LogP contribution in [0.1, 0.15) is 53.1 Å². The first-order valence-electron chi connectivity index (χ1n) is 14.1. The third-order valence-electron chi connectivity index (χ3n) is 8.85. The zero-order chi connectivity index (χ0) is 28.9.